The van der Waals surface area contributed by atoms with Crippen molar-refractivity contribution in [1.82, 2.24) is 14.7 Å². The van der Waals surface area contributed by atoms with Gasteiger partial charge in [-0.2, -0.15) is 14.6 Å². The monoisotopic (exact) mass is 550 g/mol. The van der Waals surface area contributed by atoms with Crippen LogP contribution in [0, 0.1) is 17.8 Å². The van der Waals surface area contributed by atoms with Crippen molar-refractivity contribution in [3.63, 3.8) is 0 Å². The molecule has 0 amide bonds. The van der Waals surface area contributed by atoms with Crippen molar-refractivity contribution < 1.29 is 23.5 Å². The Bertz CT molecular complexity index is 864. The molecule has 4 rings (SSSR count). The van der Waals surface area contributed by atoms with Gasteiger partial charge in [-0.15, -0.1) is 0 Å². The van der Waals surface area contributed by atoms with Gasteiger partial charge in [0.15, 0.2) is 0 Å². The predicted octanol–water partition coefficient (Wildman–Crippen LogP) is 4.12. The Morgan fingerprint density at radius 3 is 2.18 bits per heavy atom. The first kappa shape index (κ1) is 31.6. The third-order valence-electron chi connectivity index (χ3n) is 8.01. The van der Waals surface area contributed by atoms with Crippen LogP contribution < -0.4 is 0 Å². The number of fused-ring (bicyclic) bond motifs is 4. The number of cyclic esters (lactones) is 2. The molecule has 1 aliphatic carbocycles. The zero-order chi connectivity index (χ0) is 28.4. The third-order valence-corrected chi connectivity index (χ3v) is 8.01. The second-order valence-corrected chi connectivity index (χ2v) is 12.0. The number of ether oxygens (including phenoxy) is 2. The van der Waals surface area contributed by atoms with Gasteiger partial charge in [-0.1, -0.05) is 53.4 Å². The van der Waals surface area contributed by atoms with E-state index in [0.29, 0.717) is 37.9 Å². The van der Waals surface area contributed by atoms with Crippen molar-refractivity contribution in [3.05, 3.63) is 0 Å². The standard InChI is InChI=1S/C25H40FN5O4.C4H10/c1-3-29-10-11-30-15-19(31(13-12-29)17-24(33)35-25(26)34-23(32)16-30)14-22-21-9-7-5-4-6-8-20(21)18(2)27-28-22;1-4(2)3/h19-21,25H,3-17H2,1-2H3;4H,1-3H3/i26-1;. The van der Waals surface area contributed by atoms with Gasteiger partial charge in [0.25, 0.3) is 0 Å². The lowest BCUT2D eigenvalue weighted by Crippen LogP contribution is -2.49. The smallest absolute Gasteiger partial charge is 0.396 e. The highest BCUT2D eigenvalue weighted by Gasteiger charge is 2.36. The van der Waals surface area contributed by atoms with Gasteiger partial charge in [-0.05, 0) is 32.2 Å². The van der Waals surface area contributed by atoms with Crippen LogP contribution in [-0.4, -0.2) is 103 Å². The van der Waals surface area contributed by atoms with E-state index in [2.05, 4.69) is 49.5 Å². The number of carbonyl (C=O) groups is 2. The molecule has 3 heterocycles. The van der Waals surface area contributed by atoms with Crippen molar-refractivity contribution in [2.75, 3.05) is 52.4 Å². The minimum atomic E-state index is -2.37. The summed E-state index contributed by atoms with van der Waals surface area (Å²) < 4.78 is 23.5. The Morgan fingerprint density at radius 1 is 0.897 bits per heavy atom. The molecule has 0 spiro atoms. The number of hydrogen-bond donors (Lipinski definition) is 0. The van der Waals surface area contributed by atoms with Gasteiger partial charge in [0, 0.05) is 68.4 Å². The number of hydrogen-bond acceptors (Lipinski definition) is 9. The summed E-state index contributed by atoms with van der Waals surface area (Å²) in [5.41, 5.74) is 2.22. The number of rotatable bonds is 3. The van der Waals surface area contributed by atoms with Gasteiger partial charge in [0.1, 0.15) is 0 Å². The van der Waals surface area contributed by atoms with E-state index in [0.717, 1.165) is 49.8 Å². The van der Waals surface area contributed by atoms with Crippen LogP contribution in [-0.2, 0) is 19.1 Å². The van der Waals surface area contributed by atoms with E-state index in [1.165, 1.54) is 25.7 Å². The summed E-state index contributed by atoms with van der Waals surface area (Å²) in [5.74, 6) is 0.170. The summed E-state index contributed by atoms with van der Waals surface area (Å²) >= 11 is 0. The third kappa shape index (κ3) is 10.2. The van der Waals surface area contributed by atoms with Crippen LogP contribution in [0.5, 0.6) is 0 Å². The van der Waals surface area contributed by atoms with Gasteiger partial charge in [-0.3, -0.25) is 19.4 Å². The molecule has 2 bridgehead atoms. The summed E-state index contributed by atoms with van der Waals surface area (Å²) in [6, 6.07) is -0.0678. The van der Waals surface area contributed by atoms with Gasteiger partial charge in [0.05, 0.1) is 13.1 Å². The normalized spacial score (nSPS) is 33.2. The van der Waals surface area contributed by atoms with Crippen molar-refractivity contribution in [3.8, 4) is 0 Å². The molecule has 10 heteroatoms. The first-order chi connectivity index (χ1) is 18.7. The van der Waals surface area contributed by atoms with E-state index >= 15 is 0 Å². The van der Waals surface area contributed by atoms with E-state index in [4.69, 9.17) is 14.6 Å². The molecule has 4 aliphatic rings. The van der Waals surface area contributed by atoms with E-state index in [9.17, 15) is 14.0 Å². The fourth-order valence-electron chi connectivity index (χ4n) is 5.98. The fourth-order valence-corrected chi connectivity index (χ4v) is 5.98. The lowest BCUT2D eigenvalue weighted by atomic mass is 9.75. The summed E-state index contributed by atoms with van der Waals surface area (Å²) in [7, 11) is 0. The van der Waals surface area contributed by atoms with Crippen LogP contribution in [0.3, 0.4) is 0 Å². The van der Waals surface area contributed by atoms with E-state index < -0.39 is 18.5 Å². The van der Waals surface area contributed by atoms with Gasteiger partial charge in [-0.25, -0.2) is 0 Å². The Hall–Kier alpha value is -1.91. The second kappa shape index (κ2) is 15.8. The Labute approximate surface area is 234 Å². The highest BCUT2D eigenvalue weighted by atomic mass is 18.2. The Morgan fingerprint density at radius 2 is 1.51 bits per heavy atom. The number of likely N-dealkylation sites (N-methyl/N-ethyl adjacent to an activating group) is 1. The molecule has 0 aromatic heterocycles. The average molecular weight is 551 g/mol. The van der Waals surface area contributed by atoms with Crippen molar-refractivity contribution in [2.24, 2.45) is 28.0 Å². The van der Waals surface area contributed by atoms with E-state index in [-0.39, 0.29) is 19.1 Å². The number of alkyl halides is 1. The summed E-state index contributed by atoms with van der Waals surface area (Å²) in [4.78, 5) is 31.4. The highest BCUT2D eigenvalue weighted by molar-refractivity contribution is 5.97. The molecular weight excluding hydrogens is 500 g/mol. The summed E-state index contributed by atoms with van der Waals surface area (Å²) in [6.07, 6.45) is 7.85. The lowest BCUT2D eigenvalue weighted by Gasteiger charge is -2.37. The average Bonchev–Trinajstić information content (AvgIpc) is 2.89. The molecule has 2 saturated heterocycles. The summed E-state index contributed by atoms with van der Waals surface area (Å²) in [6.45, 7) is 12.6. The zero-order valence-corrected chi connectivity index (χ0v) is 24.7. The second-order valence-electron chi connectivity index (χ2n) is 12.0. The summed E-state index contributed by atoms with van der Waals surface area (Å²) in [5, 5.41) is 9.25. The van der Waals surface area contributed by atoms with Crippen LogP contribution in [0.2, 0.25) is 0 Å². The number of carbonyl (C=O) groups excluding carboxylic acids is 2. The maximum atomic E-state index is 14.0. The number of esters is 2. The van der Waals surface area contributed by atoms with Crippen LogP contribution in [0.25, 0.3) is 0 Å². The van der Waals surface area contributed by atoms with Crippen LogP contribution in [0.15, 0.2) is 10.2 Å². The Kier molecular flexibility index (Phi) is 12.8. The molecule has 222 valence electrons. The van der Waals surface area contributed by atoms with E-state index in [1.54, 1.807) is 0 Å². The predicted molar refractivity (Wildman–Crippen MR) is 151 cm³/mol. The molecule has 0 N–H and O–H groups in total. The fraction of sp³-hybridized carbons (Fsp3) is 0.862. The highest BCUT2D eigenvalue weighted by Crippen LogP contribution is 2.34. The number of nitrogens with zero attached hydrogens (tertiary/aromatic N) is 5. The molecule has 39 heavy (non-hydrogen) atoms. The van der Waals surface area contributed by atoms with Crippen LogP contribution in [0.4, 0.5) is 4.39 Å². The minimum Gasteiger partial charge on any atom is -0.396 e. The van der Waals surface area contributed by atoms with Crippen molar-refractivity contribution in [1.29, 1.82) is 0 Å². The lowest BCUT2D eigenvalue weighted by molar-refractivity contribution is -0.219. The van der Waals surface area contributed by atoms with Crippen LogP contribution >= 0.6 is 0 Å². The first-order valence-corrected chi connectivity index (χ1v) is 15.0. The molecule has 3 fully saturated rings. The maximum absolute atomic E-state index is 14.0. The van der Waals surface area contributed by atoms with Gasteiger partial charge in [0.2, 0.25) is 0 Å². The molecule has 6 unspecified atom stereocenters. The SMILES string of the molecule is CC(C)C.CCN1CCN2CC(=O)OC([18F])OC(=O)CN(CC1)C(CC1=NN=C(C)C3CCCCCCC13)C2. The molecular formula is C29H50FN5O4. The molecule has 9 nitrogen and oxygen atoms in total. The number of halogens is 1. The topological polar surface area (TPSA) is 87.0 Å². The Balaban J connectivity index is 0.000000983. The van der Waals surface area contributed by atoms with Crippen molar-refractivity contribution in [2.45, 2.75) is 92.2 Å². The van der Waals surface area contributed by atoms with Crippen molar-refractivity contribution >= 4 is 23.4 Å². The quantitative estimate of drug-likeness (QED) is 0.489. The molecule has 0 radical (unpaired) electrons. The van der Waals surface area contributed by atoms with E-state index in [1.807, 2.05) is 4.90 Å². The molecule has 6 atom stereocenters. The minimum absolute atomic E-state index is 0.0460. The maximum Gasteiger partial charge on any atom is 0.401 e. The zero-order valence-electron chi connectivity index (χ0n) is 24.7. The molecule has 0 aromatic rings. The molecule has 1 saturated carbocycles. The van der Waals surface area contributed by atoms with Gasteiger partial charge >= 0.3 is 18.5 Å². The largest absolute Gasteiger partial charge is 0.401 e. The van der Waals surface area contributed by atoms with Gasteiger partial charge < -0.3 is 14.4 Å². The first-order valence-electron chi connectivity index (χ1n) is 15.0. The molecule has 0 aromatic carbocycles. The van der Waals surface area contributed by atoms with Crippen LogP contribution in [0.1, 0.15) is 79.6 Å². The molecule has 3 aliphatic heterocycles.